The van der Waals surface area contributed by atoms with Crippen molar-refractivity contribution in [3.05, 3.63) is 23.8 Å². The lowest BCUT2D eigenvalue weighted by Crippen LogP contribution is -2.42. The third-order valence-electron chi connectivity index (χ3n) is 3.96. The highest BCUT2D eigenvalue weighted by Gasteiger charge is 2.50. The summed E-state index contributed by atoms with van der Waals surface area (Å²) in [4.78, 5) is 11.6. The number of nitrogens with two attached hydrogens (primary N) is 2. The molecule has 5 nitrogen and oxygen atoms in total. The minimum atomic E-state index is -0.860. The molecule has 0 heterocycles. The van der Waals surface area contributed by atoms with Gasteiger partial charge in [-0.05, 0) is 42.9 Å². The Bertz CT molecular complexity index is 486. The molecule has 0 radical (unpaired) electrons. The van der Waals surface area contributed by atoms with E-state index in [1.165, 1.54) is 0 Å². The van der Waals surface area contributed by atoms with Crippen LogP contribution < -0.4 is 16.2 Å². The van der Waals surface area contributed by atoms with Crippen molar-refractivity contribution in [1.29, 1.82) is 0 Å². The van der Waals surface area contributed by atoms with E-state index in [4.69, 9.17) is 16.2 Å². The molecule has 19 heavy (non-hydrogen) atoms. The van der Waals surface area contributed by atoms with E-state index < -0.39 is 11.4 Å². The van der Waals surface area contributed by atoms with E-state index >= 15 is 0 Å². The van der Waals surface area contributed by atoms with Crippen molar-refractivity contribution in [2.45, 2.75) is 19.3 Å². The molecule has 0 bridgehead atoms. The molecule has 2 rings (SSSR count). The highest BCUT2D eigenvalue weighted by atomic mass is 16.5. The standard InChI is InChI=1S/C14H20N2O3/c1-19-12-5-2-9(6-11(12)16)7-14(8-15,13(17)18)10-3-4-10/h2,5-6,10H,3-4,7-8,15-16H2,1H3,(H,17,18). The molecular weight excluding hydrogens is 244 g/mol. The van der Waals surface area contributed by atoms with Gasteiger partial charge in [0, 0.05) is 6.54 Å². The van der Waals surface area contributed by atoms with E-state index in [1.54, 1.807) is 19.2 Å². The first kappa shape index (κ1) is 13.7. The van der Waals surface area contributed by atoms with Gasteiger partial charge in [0.15, 0.2) is 0 Å². The summed E-state index contributed by atoms with van der Waals surface area (Å²) in [5, 5.41) is 9.53. The van der Waals surface area contributed by atoms with Crippen molar-refractivity contribution in [3.63, 3.8) is 0 Å². The fourth-order valence-corrected chi connectivity index (χ4v) is 2.61. The van der Waals surface area contributed by atoms with Crippen LogP contribution >= 0.6 is 0 Å². The molecule has 1 aliphatic rings. The van der Waals surface area contributed by atoms with Gasteiger partial charge >= 0.3 is 5.97 Å². The number of carbonyl (C=O) groups is 1. The van der Waals surface area contributed by atoms with Crippen LogP contribution in [0.15, 0.2) is 18.2 Å². The number of ether oxygens (including phenoxy) is 1. The molecule has 1 aliphatic carbocycles. The molecule has 5 N–H and O–H groups in total. The van der Waals surface area contributed by atoms with Gasteiger partial charge in [0.05, 0.1) is 18.2 Å². The largest absolute Gasteiger partial charge is 0.495 e. The van der Waals surface area contributed by atoms with Gasteiger partial charge in [-0.2, -0.15) is 0 Å². The van der Waals surface area contributed by atoms with Crippen molar-refractivity contribution < 1.29 is 14.6 Å². The SMILES string of the molecule is COc1ccc(CC(CN)(C(=O)O)C2CC2)cc1N. The Balaban J connectivity index is 2.26. The zero-order chi connectivity index (χ0) is 14.0. The van der Waals surface area contributed by atoms with Gasteiger partial charge in [0.1, 0.15) is 5.75 Å². The van der Waals surface area contributed by atoms with E-state index in [-0.39, 0.29) is 12.5 Å². The number of aliphatic carboxylic acids is 1. The Labute approximate surface area is 112 Å². The molecule has 0 aromatic heterocycles. The highest BCUT2D eigenvalue weighted by Crippen LogP contribution is 2.47. The summed E-state index contributed by atoms with van der Waals surface area (Å²) in [6.07, 6.45) is 2.29. The lowest BCUT2D eigenvalue weighted by Gasteiger charge is -2.28. The second kappa shape index (κ2) is 5.09. The molecule has 104 valence electrons. The zero-order valence-corrected chi connectivity index (χ0v) is 11.1. The monoisotopic (exact) mass is 264 g/mol. The Morgan fingerprint density at radius 3 is 2.63 bits per heavy atom. The number of nitrogen functional groups attached to an aromatic ring is 1. The predicted octanol–water partition coefficient (Wildman–Crippen LogP) is 1.26. The van der Waals surface area contributed by atoms with Gasteiger partial charge < -0.3 is 21.3 Å². The lowest BCUT2D eigenvalue weighted by atomic mass is 9.77. The second-order valence-electron chi connectivity index (χ2n) is 5.19. The molecule has 1 saturated carbocycles. The number of rotatable bonds is 6. The number of methoxy groups -OCH3 is 1. The highest BCUT2D eigenvalue weighted by molar-refractivity contribution is 5.76. The van der Waals surface area contributed by atoms with Crippen LogP contribution in [-0.4, -0.2) is 24.7 Å². The van der Waals surface area contributed by atoms with Gasteiger partial charge in [-0.3, -0.25) is 4.79 Å². The summed E-state index contributed by atoms with van der Waals surface area (Å²) >= 11 is 0. The van der Waals surface area contributed by atoms with Crippen LogP contribution in [-0.2, 0) is 11.2 Å². The van der Waals surface area contributed by atoms with E-state index in [0.29, 0.717) is 17.9 Å². The fourth-order valence-electron chi connectivity index (χ4n) is 2.61. The van der Waals surface area contributed by atoms with Gasteiger partial charge in [-0.15, -0.1) is 0 Å². The van der Waals surface area contributed by atoms with Gasteiger partial charge in [-0.1, -0.05) is 6.07 Å². The Hall–Kier alpha value is -1.75. The van der Waals surface area contributed by atoms with Crippen LogP contribution in [0.3, 0.4) is 0 Å². The molecule has 0 saturated heterocycles. The molecule has 1 fully saturated rings. The second-order valence-corrected chi connectivity index (χ2v) is 5.19. The fraction of sp³-hybridized carbons (Fsp3) is 0.500. The van der Waals surface area contributed by atoms with Gasteiger partial charge in [-0.25, -0.2) is 0 Å². The number of carboxylic acids is 1. The summed E-state index contributed by atoms with van der Waals surface area (Å²) in [6, 6.07) is 5.39. The molecule has 0 aliphatic heterocycles. The molecule has 1 atom stereocenters. The first-order valence-electron chi connectivity index (χ1n) is 6.39. The summed E-state index contributed by atoms with van der Waals surface area (Å²) in [6.45, 7) is 0.152. The quantitative estimate of drug-likeness (QED) is 0.672. The number of carboxylic acid groups (broad SMARTS) is 1. The summed E-state index contributed by atoms with van der Waals surface area (Å²) in [5.74, 6) is -0.0333. The maximum Gasteiger partial charge on any atom is 0.311 e. The molecule has 0 spiro atoms. The smallest absolute Gasteiger partial charge is 0.311 e. The van der Waals surface area contributed by atoms with Crippen molar-refractivity contribution in [3.8, 4) is 5.75 Å². The summed E-state index contributed by atoms with van der Waals surface area (Å²) < 4.78 is 5.10. The first-order chi connectivity index (χ1) is 9.03. The van der Waals surface area contributed by atoms with Crippen LogP contribution in [0.1, 0.15) is 18.4 Å². The topological polar surface area (TPSA) is 98.6 Å². The molecule has 5 heteroatoms. The van der Waals surface area contributed by atoms with Crippen LogP contribution in [0, 0.1) is 11.3 Å². The van der Waals surface area contributed by atoms with E-state index in [9.17, 15) is 9.90 Å². The van der Waals surface area contributed by atoms with E-state index in [0.717, 1.165) is 18.4 Å². The van der Waals surface area contributed by atoms with Crippen LogP contribution in [0.25, 0.3) is 0 Å². The van der Waals surface area contributed by atoms with Crippen LogP contribution in [0.2, 0.25) is 0 Å². The number of benzene rings is 1. The van der Waals surface area contributed by atoms with E-state index in [2.05, 4.69) is 0 Å². The summed E-state index contributed by atoms with van der Waals surface area (Å²) in [5.41, 5.74) is 12.2. The molecule has 1 unspecified atom stereocenters. The third kappa shape index (κ3) is 2.51. The first-order valence-corrected chi connectivity index (χ1v) is 6.39. The molecule has 1 aromatic rings. The average molecular weight is 264 g/mol. The number of hydrogen-bond donors (Lipinski definition) is 3. The van der Waals surface area contributed by atoms with Crippen LogP contribution in [0.4, 0.5) is 5.69 Å². The minimum absolute atomic E-state index is 0.152. The maximum absolute atomic E-state index is 11.6. The predicted molar refractivity (Wildman–Crippen MR) is 73.0 cm³/mol. The summed E-state index contributed by atoms with van der Waals surface area (Å²) in [7, 11) is 1.55. The minimum Gasteiger partial charge on any atom is -0.495 e. The Kier molecular flexibility index (Phi) is 3.66. The van der Waals surface area contributed by atoms with E-state index in [1.807, 2.05) is 6.07 Å². The molecule has 1 aromatic carbocycles. The Morgan fingerprint density at radius 1 is 1.53 bits per heavy atom. The normalized spacial score (nSPS) is 17.8. The molecular formula is C14H20N2O3. The van der Waals surface area contributed by atoms with Crippen molar-refractivity contribution in [1.82, 2.24) is 0 Å². The zero-order valence-electron chi connectivity index (χ0n) is 11.1. The van der Waals surface area contributed by atoms with Crippen molar-refractivity contribution >= 4 is 11.7 Å². The molecule has 0 amide bonds. The maximum atomic E-state index is 11.6. The third-order valence-corrected chi connectivity index (χ3v) is 3.96. The van der Waals surface area contributed by atoms with Crippen LogP contribution in [0.5, 0.6) is 5.75 Å². The van der Waals surface area contributed by atoms with Crippen molar-refractivity contribution in [2.75, 3.05) is 19.4 Å². The van der Waals surface area contributed by atoms with Crippen molar-refractivity contribution in [2.24, 2.45) is 17.1 Å². The number of hydrogen-bond acceptors (Lipinski definition) is 4. The number of anilines is 1. The average Bonchev–Trinajstić information content (AvgIpc) is 3.20. The van der Waals surface area contributed by atoms with Gasteiger partial charge in [0.25, 0.3) is 0 Å². The Morgan fingerprint density at radius 2 is 2.21 bits per heavy atom. The lowest BCUT2D eigenvalue weighted by molar-refractivity contribution is -0.149. The van der Waals surface area contributed by atoms with Gasteiger partial charge in [0.2, 0.25) is 0 Å².